The summed E-state index contributed by atoms with van der Waals surface area (Å²) in [5, 5.41) is 8.62. The first kappa shape index (κ1) is 13.5. The van der Waals surface area contributed by atoms with Crippen molar-refractivity contribution in [1.29, 1.82) is 0 Å². The smallest absolute Gasteiger partial charge is 0.304 e. The number of hydrogen-bond donors (Lipinski definition) is 1. The maximum Gasteiger partial charge on any atom is 0.304 e. The van der Waals surface area contributed by atoms with Crippen molar-refractivity contribution in [3.63, 3.8) is 0 Å². The Morgan fingerprint density at radius 2 is 2.31 bits per heavy atom. The van der Waals surface area contributed by atoms with Gasteiger partial charge in [-0.15, -0.1) is 0 Å². The van der Waals surface area contributed by atoms with Crippen LogP contribution < -0.4 is 0 Å². The topological polar surface area (TPSA) is 37.3 Å². The second kappa shape index (κ2) is 6.25. The summed E-state index contributed by atoms with van der Waals surface area (Å²) >= 11 is 4.68. The molecule has 0 saturated carbocycles. The minimum Gasteiger partial charge on any atom is -0.481 e. The molecular formula is C11H12BrFO2S. The van der Waals surface area contributed by atoms with E-state index in [0.29, 0.717) is 10.2 Å². The van der Waals surface area contributed by atoms with Crippen LogP contribution in [0.3, 0.4) is 0 Å². The molecule has 1 aromatic rings. The Balaban J connectivity index is 2.54. The molecule has 1 unspecified atom stereocenters. The number of rotatable bonds is 5. The van der Waals surface area contributed by atoms with Gasteiger partial charge in [-0.3, -0.25) is 4.79 Å². The van der Waals surface area contributed by atoms with Crippen LogP contribution in [0.5, 0.6) is 0 Å². The zero-order valence-corrected chi connectivity index (χ0v) is 11.1. The molecule has 0 aliphatic heterocycles. The second-order valence-electron chi connectivity index (χ2n) is 3.43. The predicted molar refractivity (Wildman–Crippen MR) is 67.1 cm³/mol. The molecule has 16 heavy (non-hydrogen) atoms. The summed E-state index contributed by atoms with van der Waals surface area (Å²) in [5.74, 6) is -0.491. The third-order valence-electron chi connectivity index (χ3n) is 2.02. The van der Waals surface area contributed by atoms with Crippen LogP contribution in [0.2, 0.25) is 0 Å². The maximum atomic E-state index is 13.2. The predicted octanol–water partition coefficient (Wildman–Crippen LogP) is 3.68. The Bertz CT molecular complexity index is 384. The molecule has 1 aromatic carbocycles. The van der Waals surface area contributed by atoms with Crippen molar-refractivity contribution >= 4 is 33.7 Å². The Morgan fingerprint density at radius 3 is 2.94 bits per heavy atom. The van der Waals surface area contributed by atoms with Crippen LogP contribution in [-0.2, 0) is 10.5 Å². The summed E-state index contributed by atoms with van der Waals surface area (Å²) in [7, 11) is 0. The lowest BCUT2D eigenvalue weighted by atomic mass is 10.2. The fourth-order valence-electron chi connectivity index (χ4n) is 1.20. The van der Waals surface area contributed by atoms with Gasteiger partial charge >= 0.3 is 5.97 Å². The zero-order valence-electron chi connectivity index (χ0n) is 8.74. The number of aliphatic carboxylic acids is 1. The van der Waals surface area contributed by atoms with E-state index in [-0.39, 0.29) is 17.5 Å². The molecule has 0 aliphatic carbocycles. The first-order chi connectivity index (χ1) is 7.50. The van der Waals surface area contributed by atoms with Crippen molar-refractivity contribution in [1.82, 2.24) is 0 Å². The van der Waals surface area contributed by atoms with Crippen LogP contribution >= 0.6 is 27.7 Å². The van der Waals surface area contributed by atoms with E-state index in [0.717, 1.165) is 5.56 Å². The molecule has 2 nitrogen and oxygen atoms in total. The van der Waals surface area contributed by atoms with E-state index < -0.39 is 5.97 Å². The summed E-state index contributed by atoms with van der Waals surface area (Å²) in [4.78, 5) is 10.5. The van der Waals surface area contributed by atoms with Crippen molar-refractivity contribution in [3.05, 3.63) is 34.1 Å². The number of halogens is 2. The maximum absolute atomic E-state index is 13.2. The molecule has 0 fully saturated rings. The van der Waals surface area contributed by atoms with E-state index in [4.69, 9.17) is 5.11 Å². The monoisotopic (exact) mass is 306 g/mol. The van der Waals surface area contributed by atoms with Crippen LogP contribution in [0.1, 0.15) is 18.9 Å². The standard InChI is InChI=1S/C11H12BrFO2S/c1-7(5-10(14)15)16-6-8-3-2-4-9(13)11(8)12/h2-4,7H,5-6H2,1H3,(H,14,15). The fraction of sp³-hybridized carbons (Fsp3) is 0.364. The van der Waals surface area contributed by atoms with Crippen molar-refractivity contribution < 1.29 is 14.3 Å². The molecular weight excluding hydrogens is 295 g/mol. The van der Waals surface area contributed by atoms with Gasteiger partial charge in [0.2, 0.25) is 0 Å². The second-order valence-corrected chi connectivity index (χ2v) is 5.65. The molecule has 0 aromatic heterocycles. The highest BCUT2D eigenvalue weighted by Crippen LogP contribution is 2.27. The summed E-state index contributed by atoms with van der Waals surface area (Å²) in [5.41, 5.74) is 0.849. The van der Waals surface area contributed by atoms with E-state index >= 15 is 0 Å². The molecule has 88 valence electrons. The zero-order chi connectivity index (χ0) is 12.1. The van der Waals surface area contributed by atoms with Gasteiger partial charge in [-0.25, -0.2) is 4.39 Å². The molecule has 0 saturated heterocycles. The Kier molecular flexibility index (Phi) is 5.28. The molecule has 0 heterocycles. The summed E-state index contributed by atoms with van der Waals surface area (Å²) in [6.45, 7) is 1.85. The lowest BCUT2D eigenvalue weighted by molar-refractivity contribution is -0.136. The van der Waals surface area contributed by atoms with Crippen LogP contribution in [0.25, 0.3) is 0 Å². The molecule has 1 N–H and O–H groups in total. The van der Waals surface area contributed by atoms with Gasteiger partial charge < -0.3 is 5.11 Å². The highest BCUT2D eigenvalue weighted by atomic mass is 79.9. The van der Waals surface area contributed by atoms with E-state index in [1.165, 1.54) is 17.8 Å². The van der Waals surface area contributed by atoms with Crippen LogP contribution in [-0.4, -0.2) is 16.3 Å². The Hall–Kier alpha value is -0.550. The van der Waals surface area contributed by atoms with Gasteiger partial charge in [0.25, 0.3) is 0 Å². The van der Waals surface area contributed by atoms with E-state index in [2.05, 4.69) is 15.9 Å². The largest absolute Gasteiger partial charge is 0.481 e. The number of carboxylic acids is 1. The number of benzene rings is 1. The molecule has 0 bridgehead atoms. The van der Waals surface area contributed by atoms with E-state index in [9.17, 15) is 9.18 Å². The number of carboxylic acid groups (broad SMARTS) is 1. The van der Waals surface area contributed by atoms with Crippen molar-refractivity contribution in [2.45, 2.75) is 24.3 Å². The Morgan fingerprint density at radius 1 is 1.62 bits per heavy atom. The summed E-state index contributed by atoms with van der Waals surface area (Å²) in [6.07, 6.45) is 0.123. The SMILES string of the molecule is CC(CC(=O)O)SCc1cccc(F)c1Br. The van der Waals surface area contributed by atoms with Gasteiger partial charge in [-0.05, 0) is 27.6 Å². The lowest BCUT2D eigenvalue weighted by Crippen LogP contribution is -2.06. The first-order valence-electron chi connectivity index (χ1n) is 4.77. The molecule has 5 heteroatoms. The highest BCUT2D eigenvalue weighted by Gasteiger charge is 2.10. The fourth-order valence-corrected chi connectivity index (χ4v) is 2.75. The molecule has 1 atom stereocenters. The lowest BCUT2D eigenvalue weighted by Gasteiger charge is -2.09. The molecule has 0 amide bonds. The number of thioether (sulfide) groups is 1. The minimum absolute atomic E-state index is 0.0210. The van der Waals surface area contributed by atoms with Crippen molar-refractivity contribution in [3.8, 4) is 0 Å². The molecule has 0 spiro atoms. The van der Waals surface area contributed by atoms with Crippen molar-refractivity contribution in [2.24, 2.45) is 0 Å². The Labute approximate surface area is 106 Å². The van der Waals surface area contributed by atoms with E-state index in [1.54, 1.807) is 6.07 Å². The quantitative estimate of drug-likeness (QED) is 0.901. The third kappa shape index (κ3) is 4.14. The van der Waals surface area contributed by atoms with Gasteiger partial charge in [0.05, 0.1) is 10.9 Å². The summed E-state index contributed by atoms with van der Waals surface area (Å²) in [6, 6.07) is 4.87. The first-order valence-corrected chi connectivity index (χ1v) is 6.61. The number of carbonyl (C=O) groups is 1. The van der Waals surface area contributed by atoms with Gasteiger partial charge in [0.1, 0.15) is 5.82 Å². The van der Waals surface area contributed by atoms with Gasteiger partial charge in [-0.1, -0.05) is 19.1 Å². The minimum atomic E-state index is -0.807. The van der Waals surface area contributed by atoms with Gasteiger partial charge in [-0.2, -0.15) is 11.8 Å². The van der Waals surface area contributed by atoms with Crippen LogP contribution in [0.15, 0.2) is 22.7 Å². The van der Waals surface area contributed by atoms with Crippen LogP contribution in [0, 0.1) is 5.82 Å². The third-order valence-corrected chi connectivity index (χ3v) is 4.12. The van der Waals surface area contributed by atoms with Crippen molar-refractivity contribution in [2.75, 3.05) is 0 Å². The average Bonchev–Trinajstić information content (AvgIpc) is 2.19. The van der Waals surface area contributed by atoms with Gasteiger partial charge in [0.15, 0.2) is 0 Å². The van der Waals surface area contributed by atoms with E-state index in [1.807, 2.05) is 13.0 Å². The highest BCUT2D eigenvalue weighted by molar-refractivity contribution is 9.10. The average molecular weight is 307 g/mol. The van der Waals surface area contributed by atoms with Gasteiger partial charge in [0, 0.05) is 11.0 Å². The summed E-state index contributed by atoms with van der Waals surface area (Å²) < 4.78 is 13.6. The normalized spacial score (nSPS) is 12.4. The molecule has 1 rings (SSSR count). The number of hydrogen-bond acceptors (Lipinski definition) is 2. The molecule has 0 radical (unpaired) electrons. The molecule has 0 aliphatic rings. The van der Waals surface area contributed by atoms with Crippen LogP contribution in [0.4, 0.5) is 4.39 Å².